The quantitative estimate of drug-likeness (QED) is 0.619. The zero-order chi connectivity index (χ0) is 18.8. The molecule has 9 heteroatoms. The fourth-order valence-electron chi connectivity index (χ4n) is 2.31. The van der Waals surface area contributed by atoms with Crippen LogP contribution in [-0.2, 0) is 10.0 Å². The van der Waals surface area contributed by atoms with Crippen LogP contribution in [0.2, 0.25) is 0 Å². The number of hydrogen-bond donors (Lipinski definition) is 2. The van der Waals surface area contributed by atoms with Crippen molar-refractivity contribution in [2.45, 2.75) is 24.8 Å². The molecule has 0 aromatic heterocycles. The maximum atomic E-state index is 12.3. The molecular formula is C16H17N3O5S. The van der Waals surface area contributed by atoms with Gasteiger partial charge in [-0.15, -0.1) is 0 Å². The van der Waals surface area contributed by atoms with Gasteiger partial charge < -0.3 is 5.32 Å². The molecule has 0 aliphatic carbocycles. The number of nitro groups is 1. The van der Waals surface area contributed by atoms with Crippen LogP contribution < -0.4 is 10.5 Å². The summed E-state index contributed by atoms with van der Waals surface area (Å²) in [4.78, 5) is 22.6. The molecule has 1 atom stereocenters. The number of nitrogens with zero attached hydrogens (tertiary/aromatic N) is 1. The molecule has 2 aromatic carbocycles. The van der Waals surface area contributed by atoms with Gasteiger partial charge in [-0.05, 0) is 43.7 Å². The van der Waals surface area contributed by atoms with Crippen molar-refractivity contribution in [2.75, 3.05) is 0 Å². The molecule has 2 aromatic rings. The van der Waals surface area contributed by atoms with Crippen LogP contribution in [0.1, 0.15) is 34.5 Å². The standard InChI is InChI=1S/C16H17N3O5S/c1-10-9-13(5-8-15(10)19(21)22)16(20)18-11(2)12-3-6-14(7-4-12)25(17,23)24/h3-9,11H,1-2H3,(H,18,20)(H2,17,23,24). The van der Waals surface area contributed by atoms with E-state index in [4.69, 9.17) is 5.14 Å². The Morgan fingerprint density at radius 3 is 2.28 bits per heavy atom. The van der Waals surface area contributed by atoms with E-state index in [1.54, 1.807) is 26.0 Å². The Bertz CT molecular complexity index is 923. The van der Waals surface area contributed by atoms with Crippen LogP contribution >= 0.6 is 0 Å². The minimum Gasteiger partial charge on any atom is -0.346 e. The Morgan fingerprint density at radius 2 is 1.80 bits per heavy atom. The predicted molar refractivity (Wildman–Crippen MR) is 91.5 cm³/mol. The summed E-state index contributed by atoms with van der Waals surface area (Å²) in [6.07, 6.45) is 0. The van der Waals surface area contributed by atoms with Crippen molar-refractivity contribution in [1.82, 2.24) is 5.32 Å². The molecule has 0 aliphatic heterocycles. The number of nitrogens with two attached hydrogens (primary N) is 1. The fraction of sp³-hybridized carbons (Fsp3) is 0.188. The second kappa shape index (κ2) is 6.99. The highest BCUT2D eigenvalue weighted by Gasteiger charge is 2.16. The molecular weight excluding hydrogens is 346 g/mol. The number of sulfonamides is 1. The molecule has 0 spiro atoms. The van der Waals surface area contributed by atoms with Gasteiger partial charge in [0.05, 0.1) is 15.9 Å². The van der Waals surface area contributed by atoms with Gasteiger partial charge in [0.1, 0.15) is 0 Å². The second-order valence-electron chi connectivity index (χ2n) is 5.57. The third-order valence-corrected chi connectivity index (χ3v) is 4.64. The number of aryl methyl sites for hydroxylation is 1. The highest BCUT2D eigenvalue weighted by Crippen LogP contribution is 2.20. The summed E-state index contributed by atoms with van der Waals surface area (Å²) < 4.78 is 22.5. The van der Waals surface area contributed by atoms with Gasteiger partial charge in [-0.1, -0.05) is 12.1 Å². The van der Waals surface area contributed by atoms with E-state index < -0.39 is 21.0 Å². The van der Waals surface area contributed by atoms with Crippen molar-refractivity contribution in [1.29, 1.82) is 0 Å². The summed E-state index contributed by atoms with van der Waals surface area (Å²) in [7, 11) is -3.77. The maximum absolute atomic E-state index is 12.3. The van der Waals surface area contributed by atoms with E-state index in [1.807, 2.05) is 0 Å². The van der Waals surface area contributed by atoms with Crippen LogP contribution in [0.4, 0.5) is 5.69 Å². The summed E-state index contributed by atoms with van der Waals surface area (Å²) in [6.45, 7) is 3.30. The van der Waals surface area contributed by atoms with Crippen LogP contribution in [0.25, 0.3) is 0 Å². The first-order valence-electron chi connectivity index (χ1n) is 7.28. The molecule has 0 saturated heterocycles. The zero-order valence-corrected chi connectivity index (χ0v) is 14.4. The SMILES string of the molecule is Cc1cc(C(=O)NC(C)c2ccc(S(N)(=O)=O)cc2)ccc1[N+](=O)[O-]. The first-order chi connectivity index (χ1) is 11.6. The number of carbonyl (C=O) groups is 1. The molecule has 0 fully saturated rings. The summed E-state index contributed by atoms with van der Waals surface area (Å²) in [5.41, 5.74) is 1.33. The van der Waals surface area contributed by atoms with Gasteiger partial charge in [-0.2, -0.15) is 0 Å². The minimum atomic E-state index is -3.77. The van der Waals surface area contributed by atoms with Crippen LogP contribution in [0.5, 0.6) is 0 Å². The third-order valence-electron chi connectivity index (χ3n) is 3.71. The number of rotatable bonds is 5. The van der Waals surface area contributed by atoms with E-state index >= 15 is 0 Å². The smallest absolute Gasteiger partial charge is 0.272 e. The first kappa shape index (κ1) is 18.6. The zero-order valence-electron chi connectivity index (χ0n) is 13.6. The highest BCUT2D eigenvalue weighted by atomic mass is 32.2. The molecule has 2 rings (SSSR count). The van der Waals surface area contributed by atoms with Gasteiger partial charge in [-0.25, -0.2) is 13.6 Å². The molecule has 0 heterocycles. The van der Waals surface area contributed by atoms with Crippen LogP contribution in [0, 0.1) is 17.0 Å². The summed E-state index contributed by atoms with van der Waals surface area (Å²) in [5.74, 6) is -0.388. The van der Waals surface area contributed by atoms with Crippen molar-refractivity contribution in [3.05, 3.63) is 69.3 Å². The molecule has 1 unspecified atom stereocenters. The number of carbonyl (C=O) groups excluding carboxylic acids is 1. The number of amides is 1. The van der Waals surface area contributed by atoms with E-state index in [9.17, 15) is 23.3 Å². The molecule has 1 amide bonds. The van der Waals surface area contributed by atoms with E-state index in [0.717, 1.165) is 0 Å². The Balaban J connectivity index is 2.15. The third kappa shape index (κ3) is 4.40. The Hall–Kier alpha value is -2.78. The average Bonchev–Trinajstić information content (AvgIpc) is 2.53. The maximum Gasteiger partial charge on any atom is 0.272 e. The minimum absolute atomic E-state index is 0.0132. The van der Waals surface area contributed by atoms with E-state index in [1.165, 1.54) is 30.3 Å². The van der Waals surface area contributed by atoms with Crippen LogP contribution in [-0.4, -0.2) is 19.2 Å². The largest absolute Gasteiger partial charge is 0.346 e. The Morgan fingerprint density at radius 1 is 1.20 bits per heavy atom. The van der Waals surface area contributed by atoms with Crippen molar-refractivity contribution < 1.29 is 18.1 Å². The lowest BCUT2D eigenvalue weighted by molar-refractivity contribution is -0.385. The van der Waals surface area contributed by atoms with Crippen LogP contribution in [0.15, 0.2) is 47.4 Å². The number of benzene rings is 2. The van der Waals surface area contributed by atoms with Gasteiger partial charge in [0.25, 0.3) is 11.6 Å². The lowest BCUT2D eigenvalue weighted by Gasteiger charge is -2.15. The number of nitro benzene ring substituents is 1. The lowest BCUT2D eigenvalue weighted by Crippen LogP contribution is -2.26. The van der Waals surface area contributed by atoms with E-state index in [-0.39, 0.29) is 16.5 Å². The molecule has 8 nitrogen and oxygen atoms in total. The van der Waals surface area contributed by atoms with Crippen molar-refractivity contribution in [3.63, 3.8) is 0 Å². The lowest BCUT2D eigenvalue weighted by atomic mass is 10.1. The topological polar surface area (TPSA) is 132 Å². The Labute approximate surface area is 144 Å². The molecule has 0 saturated carbocycles. The van der Waals surface area contributed by atoms with E-state index in [2.05, 4.69) is 5.32 Å². The molecule has 132 valence electrons. The molecule has 0 aliphatic rings. The normalized spacial score (nSPS) is 12.4. The van der Waals surface area contributed by atoms with Gasteiger partial charge in [0.2, 0.25) is 10.0 Å². The molecule has 0 radical (unpaired) electrons. The van der Waals surface area contributed by atoms with Gasteiger partial charge in [-0.3, -0.25) is 14.9 Å². The predicted octanol–water partition coefficient (Wildman–Crippen LogP) is 2.04. The number of hydrogen-bond acceptors (Lipinski definition) is 5. The van der Waals surface area contributed by atoms with Crippen molar-refractivity contribution in [2.24, 2.45) is 5.14 Å². The number of nitrogens with one attached hydrogen (secondary N) is 1. The monoisotopic (exact) mass is 363 g/mol. The van der Waals surface area contributed by atoms with Gasteiger partial charge in [0.15, 0.2) is 0 Å². The molecule has 3 N–H and O–H groups in total. The molecule has 25 heavy (non-hydrogen) atoms. The summed E-state index contributed by atoms with van der Waals surface area (Å²) in [6, 6.07) is 9.58. The first-order valence-corrected chi connectivity index (χ1v) is 8.83. The van der Waals surface area contributed by atoms with Crippen molar-refractivity contribution >= 4 is 21.6 Å². The van der Waals surface area contributed by atoms with Crippen LogP contribution in [0.3, 0.4) is 0 Å². The number of primary sulfonamides is 1. The fourth-order valence-corrected chi connectivity index (χ4v) is 2.83. The van der Waals surface area contributed by atoms with E-state index in [0.29, 0.717) is 16.7 Å². The summed E-state index contributed by atoms with van der Waals surface area (Å²) in [5, 5.41) is 18.6. The van der Waals surface area contributed by atoms with Gasteiger partial charge in [0, 0.05) is 17.2 Å². The summed E-state index contributed by atoms with van der Waals surface area (Å²) >= 11 is 0. The second-order valence-corrected chi connectivity index (χ2v) is 7.13. The average molecular weight is 363 g/mol. The van der Waals surface area contributed by atoms with Gasteiger partial charge >= 0.3 is 0 Å². The molecule has 0 bridgehead atoms. The Kier molecular flexibility index (Phi) is 5.19. The highest BCUT2D eigenvalue weighted by molar-refractivity contribution is 7.89. The van der Waals surface area contributed by atoms with Crippen molar-refractivity contribution in [3.8, 4) is 0 Å².